The highest BCUT2D eigenvalue weighted by Gasteiger charge is 2.29. The molecule has 2 heterocycles. The number of hydrogen-bond donors (Lipinski definition) is 3. The molecular formula is C11H19N5. The summed E-state index contributed by atoms with van der Waals surface area (Å²) in [6.45, 7) is 5.24. The van der Waals surface area contributed by atoms with Crippen LogP contribution in [0.15, 0.2) is 0 Å². The first-order valence-electron chi connectivity index (χ1n) is 6.10. The number of aromatic nitrogens is 2. The molecule has 0 unspecified atom stereocenters. The largest absolute Gasteiger partial charge is 0.396 e. The van der Waals surface area contributed by atoms with Gasteiger partial charge >= 0.3 is 0 Å². The van der Waals surface area contributed by atoms with Crippen LogP contribution in [0.1, 0.15) is 30.1 Å². The fourth-order valence-electron chi connectivity index (χ4n) is 2.28. The van der Waals surface area contributed by atoms with Gasteiger partial charge in [0, 0.05) is 38.6 Å². The monoisotopic (exact) mass is 221 g/mol. The summed E-state index contributed by atoms with van der Waals surface area (Å²) in [6, 6.07) is 0. The van der Waals surface area contributed by atoms with Gasteiger partial charge in [0.15, 0.2) is 0 Å². The normalized spacial score (nSPS) is 22.5. The van der Waals surface area contributed by atoms with E-state index in [-0.39, 0.29) is 0 Å². The summed E-state index contributed by atoms with van der Waals surface area (Å²) in [4.78, 5) is 2.41. The van der Waals surface area contributed by atoms with E-state index in [1.807, 2.05) is 0 Å². The maximum Gasteiger partial charge on any atom is 0.0885 e. The number of nitrogens with one attached hydrogen (secondary N) is 2. The standard InChI is InChI=1S/C11H19N5/c12-10-9(7-16-5-3-13-4-6-16)14-15-11(10)8-1-2-8/h8,13H,1-7,12H2,(H,14,15). The molecular weight excluding hydrogens is 202 g/mol. The van der Waals surface area contributed by atoms with Crippen molar-refractivity contribution in [1.29, 1.82) is 0 Å². The highest BCUT2D eigenvalue weighted by Crippen LogP contribution is 2.42. The van der Waals surface area contributed by atoms with E-state index in [1.54, 1.807) is 0 Å². The van der Waals surface area contributed by atoms with E-state index in [1.165, 1.54) is 12.8 Å². The van der Waals surface area contributed by atoms with Crippen molar-refractivity contribution in [2.24, 2.45) is 0 Å². The Morgan fingerprint density at radius 3 is 2.75 bits per heavy atom. The van der Waals surface area contributed by atoms with E-state index in [4.69, 9.17) is 5.73 Å². The van der Waals surface area contributed by atoms with E-state index in [2.05, 4.69) is 20.4 Å². The Labute approximate surface area is 95.4 Å². The number of nitrogens with zero attached hydrogens (tertiary/aromatic N) is 2. The molecule has 4 N–H and O–H groups in total. The Morgan fingerprint density at radius 1 is 1.31 bits per heavy atom. The second kappa shape index (κ2) is 4.07. The fraction of sp³-hybridized carbons (Fsp3) is 0.727. The average Bonchev–Trinajstić information content (AvgIpc) is 3.08. The molecule has 3 rings (SSSR count). The molecule has 0 radical (unpaired) electrons. The predicted molar refractivity (Wildman–Crippen MR) is 63.1 cm³/mol. The van der Waals surface area contributed by atoms with Gasteiger partial charge in [-0.3, -0.25) is 10.00 Å². The van der Waals surface area contributed by atoms with E-state index in [0.717, 1.165) is 49.8 Å². The minimum atomic E-state index is 0.632. The van der Waals surface area contributed by atoms with Crippen molar-refractivity contribution in [3.8, 4) is 0 Å². The molecule has 0 amide bonds. The molecule has 0 aromatic carbocycles. The van der Waals surface area contributed by atoms with Gasteiger partial charge < -0.3 is 11.1 Å². The SMILES string of the molecule is Nc1c(C2CC2)n[nH]c1CN1CCNCC1. The Kier molecular flexibility index (Phi) is 2.57. The van der Waals surface area contributed by atoms with Gasteiger partial charge in [-0.15, -0.1) is 0 Å². The molecule has 2 aliphatic rings. The Hall–Kier alpha value is -1.07. The second-order valence-corrected chi connectivity index (χ2v) is 4.80. The third-order valence-corrected chi connectivity index (χ3v) is 3.47. The van der Waals surface area contributed by atoms with Crippen molar-refractivity contribution in [1.82, 2.24) is 20.4 Å². The third kappa shape index (κ3) is 1.92. The van der Waals surface area contributed by atoms with E-state index in [0.29, 0.717) is 5.92 Å². The van der Waals surface area contributed by atoms with E-state index in [9.17, 15) is 0 Å². The molecule has 16 heavy (non-hydrogen) atoms. The number of rotatable bonds is 3. The van der Waals surface area contributed by atoms with Gasteiger partial charge in [-0.25, -0.2) is 0 Å². The van der Waals surface area contributed by atoms with Gasteiger partial charge in [0.2, 0.25) is 0 Å². The number of hydrogen-bond acceptors (Lipinski definition) is 4. The lowest BCUT2D eigenvalue weighted by Gasteiger charge is -2.26. The first-order valence-corrected chi connectivity index (χ1v) is 6.10. The number of aromatic amines is 1. The minimum Gasteiger partial charge on any atom is -0.396 e. The molecule has 1 saturated carbocycles. The molecule has 1 saturated heterocycles. The van der Waals surface area contributed by atoms with Crippen molar-refractivity contribution in [2.45, 2.75) is 25.3 Å². The van der Waals surface area contributed by atoms with Crippen LogP contribution in [0.25, 0.3) is 0 Å². The van der Waals surface area contributed by atoms with Crippen LogP contribution in [-0.2, 0) is 6.54 Å². The van der Waals surface area contributed by atoms with Gasteiger partial charge in [-0.2, -0.15) is 5.10 Å². The quantitative estimate of drug-likeness (QED) is 0.685. The lowest BCUT2D eigenvalue weighted by Crippen LogP contribution is -2.43. The van der Waals surface area contributed by atoms with E-state index < -0.39 is 0 Å². The van der Waals surface area contributed by atoms with Crippen molar-refractivity contribution in [2.75, 3.05) is 31.9 Å². The van der Waals surface area contributed by atoms with Crippen LogP contribution in [-0.4, -0.2) is 41.3 Å². The molecule has 1 aromatic rings. The average molecular weight is 221 g/mol. The molecule has 88 valence electrons. The first kappa shape index (κ1) is 10.1. The molecule has 5 heteroatoms. The van der Waals surface area contributed by atoms with Crippen LogP contribution in [0.2, 0.25) is 0 Å². The van der Waals surface area contributed by atoms with Crippen molar-refractivity contribution in [3.63, 3.8) is 0 Å². The van der Waals surface area contributed by atoms with Gasteiger partial charge in [0.1, 0.15) is 0 Å². The zero-order chi connectivity index (χ0) is 11.0. The van der Waals surface area contributed by atoms with Crippen molar-refractivity contribution in [3.05, 3.63) is 11.4 Å². The molecule has 0 atom stereocenters. The van der Waals surface area contributed by atoms with E-state index >= 15 is 0 Å². The molecule has 1 aromatic heterocycles. The summed E-state index contributed by atoms with van der Waals surface area (Å²) >= 11 is 0. The number of piperazine rings is 1. The summed E-state index contributed by atoms with van der Waals surface area (Å²) < 4.78 is 0. The number of nitrogens with two attached hydrogens (primary N) is 1. The van der Waals surface area contributed by atoms with Gasteiger partial charge in [-0.05, 0) is 12.8 Å². The number of H-pyrrole nitrogens is 1. The maximum absolute atomic E-state index is 6.13. The predicted octanol–water partition coefficient (Wildman–Crippen LogP) is 0.275. The summed E-state index contributed by atoms with van der Waals surface area (Å²) in [6.07, 6.45) is 2.50. The third-order valence-electron chi connectivity index (χ3n) is 3.47. The van der Waals surface area contributed by atoms with Crippen LogP contribution in [0, 0.1) is 0 Å². The van der Waals surface area contributed by atoms with Crippen LogP contribution in [0.4, 0.5) is 5.69 Å². The smallest absolute Gasteiger partial charge is 0.0885 e. The fourth-order valence-corrected chi connectivity index (χ4v) is 2.28. The molecule has 0 spiro atoms. The van der Waals surface area contributed by atoms with Gasteiger partial charge in [-0.1, -0.05) is 0 Å². The molecule has 5 nitrogen and oxygen atoms in total. The van der Waals surface area contributed by atoms with Crippen LogP contribution in [0.3, 0.4) is 0 Å². The maximum atomic E-state index is 6.13. The second-order valence-electron chi connectivity index (χ2n) is 4.80. The highest BCUT2D eigenvalue weighted by molar-refractivity contribution is 5.50. The molecule has 2 fully saturated rings. The van der Waals surface area contributed by atoms with Gasteiger partial charge in [0.05, 0.1) is 17.1 Å². The van der Waals surface area contributed by atoms with Crippen LogP contribution in [0.5, 0.6) is 0 Å². The van der Waals surface area contributed by atoms with Crippen LogP contribution >= 0.6 is 0 Å². The lowest BCUT2D eigenvalue weighted by atomic mass is 10.2. The zero-order valence-electron chi connectivity index (χ0n) is 9.50. The van der Waals surface area contributed by atoms with Crippen LogP contribution < -0.4 is 11.1 Å². The first-order chi connectivity index (χ1) is 7.84. The summed E-state index contributed by atoms with van der Waals surface area (Å²) in [5, 5.41) is 10.8. The van der Waals surface area contributed by atoms with Crippen molar-refractivity contribution < 1.29 is 0 Å². The molecule has 1 aliphatic carbocycles. The topological polar surface area (TPSA) is 70.0 Å². The minimum absolute atomic E-state index is 0.632. The van der Waals surface area contributed by atoms with Gasteiger partial charge in [0.25, 0.3) is 0 Å². The van der Waals surface area contributed by atoms with Crippen molar-refractivity contribution >= 4 is 5.69 Å². The molecule has 1 aliphatic heterocycles. The lowest BCUT2D eigenvalue weighted by molar-refractivity contribution is 0.231. The number of anilines is 1. The summed E-state index contributed by atoms with van der Waals surface area (Å²) in [5.74, 6) is 0.632. The highest BCUT2D eigenvalue weighted by atomic mass is 15.2. The summed E-state index contributed by atoms with van der Waals surface area (Å²) in [7, 11) is 0. The Morgan fingerprint density at radius 2 is 2.06 bits per heavy atom. The Bertz CT molecular complexity index is 362. The number of nitrogen functional groups attached to an aromatic ring is 1. The molecule has 0 bridgehead atoms. The summed E-state index contributed by atoms with van der Waals surface area (Å²) in [5.41, 5.74) is 9.23. The Balaban J connectivity index is 1.68. The zero-order valence-corrected chi connectivity index (χ0v) is 9.50.